The molecule has 1 heterocycles. The van der Waals surface area contributed by atoms with E-state index in [0.717, 1.165) is 12.8 Å². The molecular weight excluding hydrogens is 315 g/mol. The summed E-state index contributed by atoms with van der Waals surface area (Å²) in [5.41, 5.74) is 0. The first-order valence-electron chi connectivity index (χ1n) is 5.08. The molecule has 106 valence electrons. The van der Waals surface area contributed by atoms with Crippen LogP contribution in [0.25, 0.3) is 0 Å². The second kappa shape index (κ2) is 8.18. The molecule has 0 bridgehead atoms. The fourth-order valence-corrected chi connectivity index (χ4v) is 4.48. The predicted octanol–water partition coefficient (Wildman–Crippen LogP) is 4.45. The Morgan fingerprint density at radius 3 is 2.78 bits per heavy atom. The highest BCUT2D eigenvalue weighted by molar-refractivity contribution is 7.55. The SMILES string of the molecule is CCCCCOC(F)Op1npn(F)p(F)n1F. The van der Waals surface area contributed by atoms with Crippen LogP contribution in [0.15, 0.2) is 0 Å². The van der Waals surface area contributed by atoms with Crippen LogP contribution in [0, 0.1) is 0 Å². The van der Waals surface area contributed by atoms with E-state index in [-0.39, 0.29) is 6.61 Å². The van der Waals surface area contributed by atoms with Crippen LogP contribution in [0.1, 0.15) is 26.2 Å². The summed E-state index contributed by atoms with van der Waals surface area (Å²) in [4.78, 5) is 0. The fraction of sp³-hybridized carbons (Fsp3) is 1.00. The molecule has 0 aromatic carbocycles. The summed E-state index contributed by atoms with van der Waals surface area (Å²) in [5, 5.41) is 0. The molecule has 0 aliphatic carbocycles. The van der Waals surface area contributed by atoms with Gasteiger partial charge in [0.05, 0.1) is 6.61 Å². The molecule has 0 spiro atoms. The zero-order valence-electron chi connectivity index (χ0n) is 9.42. The Hall–Kier alpha value is -0.0600. The van der Waals surface area contributed by atoms with E-state index >= 15 is 0 Å². The van der Waals surface area contributed by atoms with Crippen molar-refractivity contribution in [2.75, 3.05) is 6.61 Å². The maximum atomic E-state index is 13.1. The second-order valence-electron chi connectivity index (χ2n) is 3.11. The van der Waals surface area contributed by atoms with Crippen molar-refractivity contribution in [3.05, 3.63) is 0 Å². The minimum absolute atomic E-state index is 0.113. The van der Waals surface area contributed by atoms with Gasteiger partial charge in [-0.2, -0.15) is 4.39 Å². The molecule has 12 heteroatoms. The van der Waals surface area contributed by atoms with Gasteiger partial charge in [0.15, 0.2) is 8.51 Å². The number of halogens is 4. The zero-order valence-corrected chi connectivity index (χ0v) is 12.1. The van der Waals surface area contributed by atoms with Gasteiger partial charge in [0.1, 0.15) is 0 Å². The van der Waals surface area contributed by atoms with E-state index in [1.165, 1.54) is 0 Å². The van der Waals surface area contributed by atoms with Gasteiger partial charge in [0.25, 0.3) is 8.16 Å². The van der Waals surface area contributed by atoms with Crippen LogP contribution in [0.4, 0.5) is 17.5 Å². The number of rotatable bonds is 7. The van der Waals surface area contributed by atoms with Gasteiger partial charge in [0, 0.05) is 0 Å². The molecule has 0 N–H and O–H groups in total. The van der Waals surface area contributed by atoms with Crippen molar-refractivity contribution in [3.63, 3.8) is 0 Å². The molecule has 0 saturated carbocycles. The monoisotopic (exact) mass is 327 g/mol. The van der Waals surface area contributed by atoms with Gasteiger partial charge >= 0.3 is 6.54 Å². The topological polar surface area (TPSA) is 41.2 Å². The third-order valence-electron chi connectivity index (χ3n) is 1.78. The van der Waals surface area contributed by atoms with Crippen LogP contribution < -0.4 is 4.52 Å². The van der Waals surface area contributed by atoms with Gasteiger partial charge in [-0.1, -0.05) is 37.4 Å². The summed E-state index contributed by atoms with van der Waals surface area (Å²) in [6.07, 6.45) is 2.45. The van der Waals surface area contributed by atoms with Crippen molar-refractivity contribution in [1.29, 1.82) is 0 Å². The summed E-state index contributed by atoms with van der Waals surface area (Å²) in [6.45, 7) is -0.110. The van der Waals surface area contributed by atoms with Crippen molar-refractivity contribution in [3.8, 4) is 0 Å². The summed E-state index contributed by atoms with van der Waals surface area (Å²) >= 11 is 0. The first-order chi connectivity index (χ1) is 8.56. The number of hydrogen-bond donors (Lipinski definition) is 0. The van der Waals surface area contributed by atoms with Crippen molar-refractivity contribution >= 4 is 24.7 Å². The molecule has 0 amide bonds. The average molecular weight is 327 g/mol. The highest BCUT2D eigenvalue weighted by Crippen LogP contribution is 2.39. The van der Waals surface area contributed by atoms with Gasteiger partial charge in [0.2, 0.25) is 8.08 Å². The van der Waals surface area contributed by atoms with Gasteiger partial charge in [-0.3, -0.25) is 0 Å². The molecule has 3 atom stereocenters. The van der Waals surface area contributed by atoms with Crippen molar-refractivity contribution in [2.45, 2.75) is 32.7 Å². The molecule has 0 aliphatic rings. The fourth-order valence-electron chi connectivity index (χ4n) is 0.950. The molecule has 0 aliphatic heterocycles. The molecule has 0 saturated heterocycles. The number of aromatic nitrogens is 3. The first-order valence-corrected chi connectivity index (χ1v) is 8.18. The summed E-state index contributed by atoms with van der Waals surface area (Å²) in [6, 6.07) is 0. The zero-order chi connectivity index (χ0) is 13.5. The van der Waals surface area contributed by atoms with E-state index in [1.54, 1.807) is 0 Å². The lowest BCUT2D eigenvalue weighted by Crippen LogP contribution is -2.15. The van der Waals surface area contributed by atoms with Gasteiger partial charge in [-0.15, -0.1) is 8.71 Å². The molecule has 5 nitrogen and oxygen atoms in total. The van der Waals surface area contributed by atoms with E-state index in [0.29, 0.717) is 6.42 Å². The van der Waals surface area contributed by atoms with Crippen molar-refractivity contribution in [2.24, 2.45) is 0 Å². The Balaban J connectivity index is 2.49. The summed E-state index contributed by atoms with van der Waals surface area (Å²) in [5.74, 6) is 0. The summed E-state index contributed by atoms with van der Waals surface area (Å²) in [7, 11) is -6.24. The Morgan fingerprint density at radius 2 is 2.11 bits per heavy atom. The number of unbranched alkanes of at least 4 members (excludes halogenated alkanes) is 2. The number of nitrogens with zero attached hydrogens (tertiary/aromatic N) is 3. The minimum atomic E-state index is -3.29. The largest absolute Gasteiger partial charge is 0.326 e. The molecule has 1 aromatic heterocycles. The molecule has 18 heavy (non-hydrogen) atoms. The summed E-state index contributed by atoms with van der Waals surface area (Å²) < 4.78 is 63.0. The van der Waals surface area contributed by atoms with E-state index in [1.807, 2.05) is 6.92 Å². The Kier molecular flexibility index (Phi) is 7.27. The maximum Gasteiger partial charge on any atom is 0.319 e. The lowest BCUT2D eigenvalue weighted by atomic mass is 10.3. The number of alkyl halides is 1. The average Bonchev–Trinajstić information content (AvgIpc) is 2.35. The highest BCUT2D eigenvalue weighted by atomic mass is 31.2. The van der Waals surface area contributed by atoms with Crippen molar-refractivity contribution in [1.82, 2.24) is 13.1 Å². The number of hydrogen-bond acceptors (Lipinski definition) is 3. The quantitative estimate of drug-likeness (QED) is 0.422. The maximum absolute atomic E-state index is 13.1. The molecule has 1 aromatic rings. The second-order valence-corrected chi connectivity index (χ2v) is 7.24. The lowest BCUT2D eigenvalue weighted by molar-refractivity contribution is -0.143. The van der Waals surface area contributed by atoms with E-state index < -0.39 is 39.9 Å². The Labute approximate surface area is 105 Å². The smallest absolute Gasteiger partial charge is 0.319 e. The van der Waals surface area contributed by atoms with Crippen LogP contribution in [0.5, 0.6) is 0 Å². The molecular formula is C6H12F4N3O2P3. The van der Waals surface area contributed by atoms with E-state index in [4.69, 9.17) is 0 Å². The van der Waals surface area contributed by atoms with E-state index in [2.05, 4.69) is 13.8 Å². The normalized spacial score (nSPS) is 15.2. The van der Waals surface area contributed by atoms with Crippen LogP contribution in [-0.2, 0) is 4.74 Å². The Bertz CT molecular complexity index is 403. The van der Waals surface area contributed by atoms with Crippen molar-refractivity contribution < 1.29 is 26.8 Å². The van der Waals surface area contributed by atoms with Crippen LogP contribution >= 0.6 is 24.7 Å². The predicted molar refractivity (Wildman–Crippen MR) is 62.2 cm³/mol. The number of ether oxygens (including phenoxy) is 1. The van der Waals surface area contributed by atoms with Crippen LogP contribution in [0.3, 0.4) is 0 Å². The molecule has 1 rings (SSSR count). The highest BCUT2D eigenvalue weighted by Gasteiger charge is 2.16. The molecule has 0 fully saturated rings. The van der Waals surface area contributed by atoms with E-state index in [9.17, 15) is 17.5 Å². The van der Waals surface area contributed by atoms with Gasteiger partial charge < -0.3 is 4.74 Å². The van der Waals surface area contributed by atoms with Crippen LogP contribution in [-0.4, -0.2) is 26.3 Å². The third kappa shape index (κ3) is 4.90. The first kappa shape index (κ1) is 16.0. The molecule has 0 radical (unpaired) electrons. The lowest BCUT2D eigenvalue weighted by Gasteiger charge is -2.10. The third-order valence-corrected chi connectivity index (χ3v) is 5.62. The van der Waals surface area contributed by atoms with Gasteiger partial charge in [-0.05, 0) is 6.42 Å². The minimum Gasteiger partial charge on any atom is -0.326 e. The molecule has 3 unspecified atom stereocenters. The van der Waals surface area contributed by atoms with Crippen LogP contribution in [0.2, 0.25) is 0 Å². The van der Waals surface area contributed by atoms with Gasteiger partial charge in [-0.25, -0.2) is 4.52 Å². The Morgan fingerprint density at radius 1 is 1.39 bits per heavy atom. The standard InChI is InChI=1S/C6H12F4N3O2P3/c1-2-3-4-5-14-6(7)15-18-11-16-12(8)17(10)13(18)9/h6H,2-5H2,1H3.